The van der Waals surface area contributed by atoms with Crippen LogP contribution in [0.4, 0.5) is 0 Å². The quantitative estimate of drug-likeness (QED) is 0.0740. The Kier molecular flexibility index (Phi) is 14.7. The maximum atomic E-state index is 12.4. The summed E-state index contributed by atoms with van der Waals surface area (Å²) in [7, 11) is 0. The molecule has 1 amide bonds. The monoisotopic (exact) mass is 647 g/mol. The summed E-state index contributed by atoms with van der Waals surface area (Å²) < 4.78 is 21.8. The molecule has 2 fully saturated rings. The second kappa shape index (κ2) is 16.8. The SMILES string of the molecule is CCCC(O)[C@@H](O)[C@H](O[C@@H]1OC(CO[C@]2(C(=O)O)C[C@@H](O)[C@@H](NC(C)=O)C([C@H](O)[C@H](O)CO)O2)[C@H](O)[C@H](O)C1O)C(O)CO. The third-order valence-corrected chi connectivity index (χ3v) is 7.51. The van der Waals surface area contributed by atoms with Crippen molar-refractivity contribution < 1.29 is 89.8 Å². The number of carbonyl (C=O) groups is 2. The van der Waals surface area contributed by atoms with Gasteiger partial charge < -0.3 is 85.5 Å². The van der Waals surface area contributed by atoms with Crippen LogP contribution in [0.1, 0.15) is 33.1 Å². The van der Waals surface area contributed by atoms with Crippen molar-refractivity contribution in [3.8, 4) is 0 Å². The number of amides is 1. The van der Waals surface area contributed by atoms with Crippen LogP contribution in [-0.4, -0.2) is 184 Å². The lowest BCUT2D eigenvalue weighted by molar-refractivity contribution is -0.349. The summed E-state index contributed by atoms with van der Waals surface area (Å²) in [5.41, 5.74) is 0. The van der Waals surface area contributed by atoms with Crippen molar-refractivity contribution in [2.24, 2.45) is 0 Å². The Morgan fingerprint density at radius 1 is 0.955 bits per heavy atom. The second-order valence-electron chi connectivity index (χ2n) is 10.9. The number of rotatable bonds is 16. The van der Waals surface area contributed by atoms with Gasteiger partial charge in [-0.2, -0.15) is 0 Å². The zero-order valence-electron chi connectivity index (χ0n) is 24.1. The van der Waals surface area contributed by atoms with Crippen molar-refractivity contribution in [3.63, 3.8) is 0 Å². The Morgan fingerprint density at radius 3 is 2.09 bits per heavy atom. The number of carbonyl (C=O) groups excluding carboxylic acids is 1. The van der Waals surface area contributed by atoms with Crippen molar-refractivity contribution in [2.75, 3.05) is 19.8 Å². The first-order valence-electron chi connectivity index (χ1n) is 14.0. The normalized spacial score (nSPS) is 36.9. The molecule has 2 saturated heterocycles. The summed E-state index contributed by atoms with van der Waals surface area (Å²) in [6.07, 6.45) is -24.5. The summed E-state index contributed by atoms with van der Waals surface area (Å²) in [6, 6.07) is -1.48. The zero-order valence-corrected chi connectivity index (χ0v) is 24.1. The molecular formula is C25H45NO18. The van der Waals surface area contributed by atoms with Gasteiger partial charge in [0.25, 0.3) is 5.79 Å². The van der Waals surface area contributed by atoms with Gasteiger partial charge in [0.1, 0.15) is 61.0 Å². The van der Waals surface area contributed by atoms with E-state index in [0.717, 1.165) is 6.92 Å². The van der Waals surface area contributed by atoms with Crippen LogP contribution in [0.3, 0.4) is 0 Å². The summed E-state index contributed by atoms with van der Waals surface area (Å²) >= 11 is 0. The van der Waals surface area contributed by atoms with E-state index in [2.05, 4.69) is 5.32 Å². The van der Waals surface area contributed by atoms with E-state index in [1.165, 1.54) is 0 Å². The van der Waals surface area contributed by atoms with Gasteiger partial charge in [-0.3, -0.25) is 4.79 Å². The molecule has 0 aliphatic carbocycles. The van der Waals surface area contributed by atoms with E-state index in [1.807, 2.05) is 0 Å². The number of carboxylic acid groups (broad SMARTS) is 1. The molecule has 258 valence electrons. The fraction of sp³-hybridized carbons (Fsp3) is 0.920. The summed E-state index contributed by atoms with van der Waals surface area (Å²) in [5, 5.41) is 125. The Morgan fingerprint density at radius 2 is 1.57 bits per heavy atom. The Balaban J connectivity index is 2.32. The van der Waals surface area contributed by atoms with Gasteiger partial charge in [0.05, 0.1) is 38.1 Å². The van der Waals surface area contributed by atoms with Crippen LogP contribution in [0.5, 0.6) is 0 Å². The lowest BCUT2D eigenvalue weighted by Gasteiger charge is -2.47. The first-order valence-corrected chi connectivity index (χ1v) is 14.0. The van der Waals surface area contributed by atoms with Gasteiger partial charge in [-0.05, 0) is 6.42 Å². The molecule has 5 unspecified atom stereocenters. The fourth-order valence-corrected chi connectivity index (χ4v) is 5.00. The predicted molar refractivity (Wildman–Crippen MR) is 140 cm³/mol. The minimum atomic E-state index is -2.83. The molecule has 0 saturated carbocycles. The Bertz CT molecular complexity index is 914. The summed E-state index contributed by atoms with van der Waals surface area (Å²) in [5.74, 6) is -5.41. The molecule has 0 radical (unpaired) electrons. The largest absolute Gasteiger partial charge is 0.477 e. The Hall–Kier alpha value is -1.66. The van der Waals surface area contributed by atoms with Crippen LogP contribution in [0.2, 0.25) is 0 Å². The molecule has 2 aliphatic rings. The molecule has 19 heteroatoms. The number of nitrogens with one attached hydrogen (secondary N) is 1. The molecule has 0 spiro atoms. The number of aliphatic carboxylic acids is 1. The van der Waals surface area contributed by atoms with E-state index in [-0.39, 0.29) is 6.42 Å². The average molecular weight is 648 g/mol. The summed E-state index contributed by atoms with van der Waals surface area (Å²) in [4.78, 5) is 24.1. The van der Waals surface area contributed by atoms with Gasteiger partial charge in [-0.1, -0.05) is 13.3 Å². The molecule has 0 aromatic rings. The molecule has 0 bridgehead atoms. The van der Waals surface area contributed by atoms with Gasteiger partial charge in [0, 0.05) is 13.3 Å². The molecule has 0 aromatic heterocycles. The van der Waals surface area contributed by atoms with E-state index in [9.17, 15) is 70.9 Å². The number of carboxylic acids is 1. The smallest absolute Gasteiger partial charge is 0.364 e. The zero-order chi connectivity index (χ0) is 33.5. The lowest BCUT2D eigenvalue weighted by Crippen LogP contribution is -2.68. The van der Waals surface area contributed by atoms with E-state index < -0.39 is 129 Å². The van der Waals surface area contributed by atoms with Crippen LogP contribution < -0.4 is 5.32 Å². The number of ether oxygens (including phenoxy) is 4. The first kappa shape index (κ1) is 38.5. The fourth-order valence-electron chi connectivity index (χ4n) is 5.00. The predicted octanol–water partition coefficient (Wildman–Crippen LogP) is -6.78. The minimum Gasteiger partial charge on any atom is -0.477 e. The van der Waals surface area contributed by atoms with Crippen LogP contribution in [0.15, 0.2) is 0 Å². The van der Waals surface area contributed by atoms with Crippen LogP contribution in [-0.2, 0) is 28.5 Å². The lowest BCUT2D eigenvalue weighted by atomic mass is 9.88. The minimum absolute atomic E-state index is 0.0575. The highest BCUT2D eigenvalue weighted by molar-refractivity contribution is 5.76. The maximum Gasteiger partial charge on any atom is 0.364 e. The van der Waals surface area contributed by atoms with E-state index in [1.54, 1.807) is 6.92 Å². The molecule has 2 aliphatic heterocycles. The molecule has 19 nitrogen and oxygen atoms in total. The maximum absolute atomic E-state index is 12.4. The summed E-state index contributed by atoms with van der Waals surface area (Å²) in [6.45, 7) is -0.179. The molecular weight excluding hydrogens is 602 g/mol. The number of hydrogen-bond acceptors (Lipinski definition) is 17. The number of aliphatic hydroxyl groups is 11. The van der Waals surface area contributed by atoms with E-state index in [4.69, 9.17) is 18.9 Å². The average Bonchev–Trinajstić information content (AvgIpc) is 2.98. The third kappa shape index (κ3) is 8.99. The number of hydrogen-bond donors (Lipinski definition) is 13. The molecule has 15 atom stereocenters. The molecule has 2 heterocycles. The molecule has 0 aromatic carbocycles. The van der Waals surface area contributed by atoms with Crippen LogP contribution in [0.25, 0.3) is 0 Å². The van der Waals surface area contributed by atoms with Crippen molar-refractivity contribution in [1.29, 1.82) is 0 Å². The molecule has 2 rings (SSSR count). The van der Waals surface area contributed by atoms with Crippen LogP contribution in [0, 0.1) is 0 Å². The standard InChI is InChI=1S/C25H45NO18/c1-3-4-10(30)16(34)21(13(33)7-28)43-23-20(38)19(37)18(36)14(42-23)8-41-25(24(39)40)5-11(31)15(26-9(2)29)22(44-25)17(35)12(32)6-27/h10-23,27-28,30-38H,3-8H2,1-2H3,(H,26,29)(H,39,40)/t10?,11-,12-,13?,14?,15-,16-,17-,18+,19+,20?,21-,22?,23+,25-/m1/s1. The van der Waals surface area contributed by atoms with E-state index >= 15 is 0 Å². The highest BCUT2D eigenvalue weighted by Gasteiger charge is 2.57. The van der Waals surface area contributed by atoms with Gasteiger partial charge in [0.15, 0.2) is 6.29 Å². The second-order valence-corrected chi connectivity index (χ2v) is 10.9. The van der Waals surface area contributed by atoms with Gasteiger partial charge in [-0.25, -0.2) is 4.79 Å². The number of aliphatic hydroxyl groups excluding tert-OH is 11. The first-order chi connectivity index (χ1) is 20.5. The van der Waals surface area contributed by atoms with Gasteiger partial charge >= 0.3 is 5.97 Å². The van der Waals surface area contributed by atoms with Crippen molar-refractivity contribution in [1.82, 2.24) is 5.32 Å². The van der Waals surface area contributed by atoms with Crippen molar-refractivity contribution in [2.45, 2.75) is 124 Å². The van der Waals surface area contributed by atoms with Crippen molar-refractivity contribution >= 4 is 11.9 Å². The topological polar surface area (TPSA) is 326 Å². The van der Waals surface area contributed by atoms with Crippen LogP contribution >= 0.6 is 0 Å². The molecule has 44 heavy (non-hydrogen) atoms. The Labute approximate surface area is 251 Å². The highest BCUT2D eigenvalue weighted by Crippen LogP contribution is 2.35. The van der Waals surface area contributed by atoms with Crippen molar-refractivity contribution in [3.05, 3.63) is 0 Å². The molecule has 13 N–H and O–H groups in total. The van der Waals surface area contributed by atoms with E-state index in [0.29, 0.717) is 6.42 Å². The highest BCUT2D eigenvalue weighted by atomic mass is 16.7. The third-order valence-electron chi connectivity index (χ3n) is 7.51. The van der Waals surface area contributed by atoms with Gasteiger partial charge in [-0.15, -0.1) is 0 Å². The van der Waals surface area contributed by atoms with Gasteiger partial charge in [0.2, 0.25) is 5.91 Å².